The van der Waals surface area contributed by atoms with Gasteiger partial charge in [-0.2, -0.15) is 0 Å². The summed E-state index contributed by atoms with van der Waals surface area (Å²) in [4.78, 5) is 2.84. The Bertz CT molecular complexity index is 355. The van der Waals surface area contributed by atoms with Crippen LogP contribution in [0.5, 0.6) is 0 Å². The monoisotopic (exact) mass is 280 g/mol. The number of nitrogens with one attached hydrogen (secondary N) is 2. The van der Waals surface area contributed by atoms with Crippen LogP contribution in [0.4, 0.5) is 0 Å². The van der Waals surface area contributed by atoms with Crippen LogP contribution < -0.4 is 10.6 Å². The molecular formula is C14H20N2S2. The molecule has 0 amide bonds. The molecule has 0 aliphatic rings. The Morgan fingerprint density at radius 2 is 1.28 bits per heavy atom. The topological polar surface area (TPSA) is 24.1 Å². The minimum Gasteiger partial charge on any atom is -0.312 e. The van der Waals surface area contributed by atoms with Crippen LogP contribution >= 0.6 is 22.7 Å². The van der Waals surface area contributed by atoms with Gasteiger partial charge in [-0.1, -0.05) is 12.1 Å². The van der Waals surface area contributed by atoms with Crippen molar-refractivity contribution in [3.8, 4) is 0 Å². The van der Waals surface area contributed by atoms with E-state index in [9.17, 15) is 0 Å². The van der Waals surface area contributed by atoms with Gasteiger partial charge in [0.15, 0.2) is 0 Å². The van der Waals surface area contributed by atoms with Crippen LogP contribution in [0.3, 0.4) is 0 Å². The first kappa shape index (κ1) is 13.7. The molecule has 0 saturated carbocycles. The molecule has 2 aromatic rings. The predicted molar refractivity (Wildman–Crippen MR) is 81.3 cm³/mol. The highest BCUT2D eigenvalue weighted by Crippen LogP contribution is 2.08. The second-order valence-corrected chi connectivity index (χ2v) is 6.28. The Morgan fingerprint density at radius 1 is 0.778 bits per heavy atom. The number of thiophene rings is 2. The van der Waals surface area contributed by atoms with E-state index in [-0.39, 0.29) is 0 Å². The van der Waals surface area contributed by atoms with Gasteiger partial charge in [0.2, 0.25) is 0 Å². The van der Waals surface area contributed by atoms with E-state index in [0.29, 0.717) is 0 Å². The smallest absolute Gasteiger partial charge is 0.0299 e. The minimum absolute atomic E-state index is 1.01. The van der Waals surface area contributed by atoms with Gasteiger partial charge < -0.3 is 10.6 Å². The molecule has 2 nitrogen and oxygen atoms in total. The molecule has 2 rings (SSSR count). The van der Waals surface area contributed by atoms with E-state index in [1.54, 1.807) is 0 Å². The van der Waals surface area contributed by atoms with Crippen molar-refractivity contribution in [3.63, 3.8) is 0 Å². The molecule has 0 aromatic carbocycles. The average molecular weight is 280 g/mol. The third kappa shape index (κ3) is 5.31. The highest BCUT2D eigenvalue weighted by Gasteiger charge is 1.94. The van der Waals surface area contributed by atoms with Crippen LogP contribution in [-0.4, -0.2) is 13.1 Å². The molecule has 18 heavy (non-hydrogen) atoms. The quantitative estimate of drug-likeness (QED) is 0.687. The fourth-order valence-electron chi connectivity index (χ4n) is 1.75. The molecule has 0 unspecified atom stereocenters. The third-order valence-corrected chi connectivity index (χ3v) is 4.47. The third-order valence-electron chi connectivity index (χ3n) is 2.72. The summed E-state index contributed by atoms with van der Waals surface area (Å²) in [6.07, 6.45) is 2.48. The Morgan fingerprint density at radius 3 is 1.67 bits per heavy atom. The molecule has 0 saturated heterocycles. The van der Waals surface area contributed by atoms with Gasteiger partial charge >= 0.3 is 0 Å². The fourth-order valence-corrected chi connectivity index (χ4v) is 3.10. The van der Waals surface area contributed by atoms with Crippen LogP contribution in [0.25, 0.3) is 0 Å². The van der Waals surface area contributed by atoms with Crippen LogP contribution in [0, 0.1) is 0 Å². The van der Waals surface area contributed by atoms with Crippen molar-refractivity contribution >= 4 is 22.7 Å². The molecule has 0 aliphatic carbocycles. The fraction of sp³-hybridized carbons (Fsp3) is 0.429. The first-order valence-corrected chi connectivity index (χ1v) is 8.17. The lowest BCUT2D eigenvalue weighted by atomic mass is 10.3. The van der Waals surface area contributed by atoms with E-state index in [2.05, 4.69) is 45.7 Å². The van der Waals surface area contributed by atoms with E-state index in [4.69, 9.17) is 0 Å². The van der Waals surface area contributed by atoms with Gasteiger partial charge in [-0.15, -0.1) is 22.7 Å². The molecule has 0 bridgehead atoms. The largest absolute Gasteiger partial charge is 0.312 e. The summed E-state index contributed by atoms with van der Waals surface area (Å²) in [5.74, 6) is 0. The van der Waals surface area contributed by atoms with Crippen molar-refractivity contribution in [2.45, 2.75) is 25.9 Å². The first-order valence-electron chi connectivity index (χ1n) is 6.41. The van der Waals surface area contributed by atoms with E-state index >= 15 is 0 Å². The van der Waals surface area contributed by atoms with Crippen molar-refractivity contribution in [3.05, 3.63) is 44.8 Å². The Kier molecular flexibility index (Phi) is 6.43. The number of hydrogen-bond donors (Lipinski definition) is 2. The first-order chi connectivity index (χ1) is 8.95. The summed E-state index contributed by atoms with van der Waals surface area (Å²) in [6.45, 7) is 4.25. The lowest BCUT2D eigenvalue weighted by Crippen LogP contribution is -2.18. The summed E-state index contributed by atoms with van der Waals surface area (Å²) in [5.41, 5.74) is 0. The van der Waals surface area contributed by atoms with Crippen LogP contribution in [0.2, 0.25) is 0 Å². The molecule has 98 valence electrons. The molecule has 4 heteroatoms. The van der Waals surface area contributed by atoms with Gasteiger partial charge in [0.25, 0.3) is 0 Å². The van der Waals surface area contributed by atoms with Crippen molar-refractivity contribution in [1.29, 1.82) is 0 Å². The highest BCUT2D eigenvalue weighted by atomic mass is 32.1. The molecule has 0 radical (unpaired) electrons. The Balaban J connectivity index is 1.40. The maximum Gasteiger partial charge on any atom is 0.0299 e. The summed E-state index contributed by atoms with van der Waals surface area (Å²) < 4.78 is 0. The Labute approximate surface area is 117 Å². The molecule has 0 spiro atoms. The number of rotatable bonds is 9. The van der Waals surface area contributed by atoms with E-state index in [1.807, 2.05) is 22.7 Å². The normalized spacial score (nSPS) is 10.9. The van der Waals surface area contributed by atoms with E-state index in [1.165, 1.54) is 22.6 Å². The van der Waals surface area contributed by atoms with Gasteiger partial charge in [-0.05, 0) is 48.8 Å². The van der Waals surface area contributed by atoms with E-state index < -0.39 is 0 Å². The lowest BCUT2D eigenvalue weighted by Gasteiger charge is -2.04. The zero-order valence-electron chi connectivity index (χ0n) is 10.5. The van der Waals surface area contributed by atoms with Crippen LogP contribution in [0.1, 0.15) is 22.6 Å². The molecule has 0 fully saturated rings. The Hall–Kier alpha value is -0.680. The zero-order chi connectivity index (χ0) is 12.5. The standard InChI is InChI=1S/C14H20N2S2/c1(7-15-11-13-5-3-9-17-13)2-8-16-12-14-6-4-10-18-14/h3-6,9-10,15-16H,1-2,7-8,11-12H2. The zero-order valence-corrected chi connectivity index (χ0v) is 12.2. The maximum atomic E-state index is 3.48. The van der Waals surface area contributed by atoms with E-state index in [0.717, 1.165) is 26.2 Å². The molecule has 0 atom stereocenters. The van der Waals surface area contributed by atoms with Gasteiger partial charge in [0.05, 0.1) is 0 Å². The van der Waals surface area contributed by atoms with Crippen LogP contribution in [-0.2, 0) is 13.1 Å². The number of unbranched alkanes of at least 4 members (excludes halogenated alkanes) is 1. The van der Waals surface area contributed by atoms with Crippen molar-refractivity contribution < 1.29 is 0 Å². The summed E-state index contributed by atoms with van der Waals surface area (Å²) in [6, 6.07) is 8.58. The summed E-state index contributed by atoms with van der Waals surface area (Å²) in [5, 5.41) is 11.2. The summed E-state index contributed by atoms with van der Waals surface area (Å²) >= 11 is 3.64. The maximum absolute atomic E-state index is 3.48. The van der Waals surface area contributed by atoms with Gasteiger partial charge in [0.1, 0.15) is 0 Å². The molecular weight excluding hydrogens is 260 g/mol. The van der Waals surface area contributed by atoms with Gasteiger partial charge in [-0.3, -0.25) is 0 Å². The number of hydrogen-bond acceptors (Lipinski definition) is 4. The minimum atomic E-state index is 1.01. The van der Waals surface area contributed by atoms with Gasteiger partial charge in [0, 0.05) is 22.8 Å². The second kappa shape index (κ2) is 8.43. The molecule has 2 aromatic heterocycles. The molecule has 2 heterocycles. The lowest BCUT2D eigenvalue weighted by molar-refractivity contribution is 0.586. The van der Waals surface area contributed by atoms with Gasteiger partial charge in [-0.25, -0.2) is 0 Å². The SMILES string of the molecule is c1csc(CNCCCCNCc2cccs2)c1. The molecule has 0 aliphatic heterocycles. The molecule has 2 N–H and O–H groups in total. The highest BCUT2D eigenvalue weighted by molar-refractivity contribution is 7.10. The average Bonchev–Trinajstić information content (AvgIpc) is 3.05. The second-order valence-electron chi connectivity index (χ2n) is 4.22. The van der Waals surface area contributed by atoms with Crippen molar-refractivity contribution in [2.75, 3.05) is 13.1 Å². The van der Waals surface area contributed by atoms with Crippen molar-refractivity contribution in [1.82, 2.24) is 10.6 Å². The van der Waals surface area contributed by atoms with Crippen LogP contribution in [0.15, 0.2) is 35.0 Å². The van der Waals surface area contributed by atoms with Crippen molar-refractivity contribution in [2.24, 2.45) is 0 Å². The predicted octanol–water partition coefficient (Wildman–Crippen LogP) is 3.47. The summed E-state index contributed by atoms with van der Waals surface area (Å²) in [7, 11) is 0.